The zero-order chi connectivity index (χ0) is 14.0. The lowest BCUT2D eigenvalue weighted by Gasteiger charge is -2.21. The predicted molar refractivity (Wildman–Crippen MR) is 68.5 cm³/mol. The van der Waals surface area contributed by atoms with Crippen molar-refractivity contribution in [1.82, 2.24) is 0 Å². The van der Waals surface area contributed by atoms with Gasteiger partial charge in [0.25, 0.3) is 0 Å². The largest absolute Gasteiger partial charge is 0.481 e. The molecule has 1 atom stereocenters. The van der Waals surface area contributed by atoms with Crippen LogP contribution in [0.25, 0.3) is 0 Å². The van der Waals surface area contributed by atoms with Crippen LogP contribution in [0.1, 0.15) is 25.3 Å². The van der Waals surface area contributed by atoms with Crippen LogP contribution in [0, 0.1) is 11.7 Å². The van der Waals surface area contributed by atoms with Gasteiger partial charge in [0.05, 0.1) is 5.69 Å². The number of carboxylic acids is 1. The van der Waals surface area contributed by atoms with E-state index < -0.39 is 11.8 Å². The third-order valence-electron chi connectivity index (χ3n) is 3.45. The lowest BCUT2D eigenvalue weighted by atomic mass is 9.94. The van der Waals surface area contributed by atoms with Crippen molar-refractivity contribution >= 4 is 17.6 Å². The van der Waals surface area contributed by atoms with Crippen molar-refractivity contribution in [2.75, 3.05) is 11.4 Å². The summed E-state index contributed by atoms with van der Waals surface area (Å²) in [7, 11) is 0. The molecular formula is C14H16FNO3. The smallest absolute Gasteiger partial charge is 0.303 e. The van der Waals surface area contributed by atoms with Crippen molar-refractivity contribution < 1.29 is 19.1 Å². The van der Waals surface area contributed by atoms with E-state index in [1.54, 1.807) is 12.1 Å². The molecule has 0 aromatic heterocycles. The van der Waals surface area contributed by atoms with Gasteiger partial charge in [0.1, 0.15) is 5.82 Å². The lowest BCUT2D eigenvalue weighted by molar-refractivity contribution is -0.138. The summed E-state index contributed by atoms with van der Waals surface area (Å²) in [4.78, 5) is 23.9. The van der Waals surface area contributed by atoms with Gasteiger partial charge in [-0.15, -0.1) is 0 Å². The van der Waals surface area contributed by atoms with Crippen molar-refractivity contribution in [2.45, 2.75) is 26.2 Å². The number of carbonyl (C=O) groups excluding carboxylic acids is 1. The summed E-state index contributed by atoms with van der Waals surface area (Å²) < 4.78 is 13.9. The molecule has 102 valence electrons. The van der Waals surface area contributed by atoms with Crippen LogP contribution < -0.4 is 4.90 Å². The van der Waals surface area contributed by atoms with E-state index in [9.17, 15) is 14.0 Å². The van der Waals surface area contributed by atoms with E-state index in [1.807, 2.05) is 0 Å². The molecule has 1 aromatic carbocycles. The van der Waals surface area contributed by atoms with Gasteiger partial charge >= 0.3 is 5.97 Å². The number of rotatable bonds is 2. The van der Waals surface area contributed by atoms with Gasteiger partial charge in [-0.25, -0.2) is 4.39 Å². The van der Waals surface area contributed by atoms with E-state index in [1.165, 1.54) is 17.9 Å². The van der Waals surface area contributed by atoms with Crippen LogP contribution in [0.4, 0.5) is 10.1 Å². The van der Waals surface area contributed by atoms with Crippen LogP contribution in [0.2, 0.25) is 0 Å². The average molecular weight is 265 g/mol. The minimum atomic E-state index is -0.862. The Labute approximate surface area is 110 Å². The van der Waals surface area contributed by atoms with Gasteiger partial charge in [0.2, 0.25) is 5.91 Å². The van der Waals surface area contributed by atoms with Gasteiger partial charge in [-0.1, -0.05) is 12.1 Å². The Kier molecular flexibility index (Phi) is 3.83. The normalized spacial score (nSPS) is 18.6. The van der Waals surface area contributed by atoms with Crippen molar-refractivity contribution in [3.63, 3.8) is 0 Å². The molecule has 0 bridgehead atoms. The molecule has 1 amide bonds. The highest BCUT2D eigenvalue weighted by molar-refractivity contribution is 5.92. The molecule has 0 saturated heterocycles. The Morgan fingerprint density at radius 2 is 2.21 bits per heavy atom. The van der Waals surface area contributed by atoms with Crippen LogP contribution in [0.5, 0.6) is 0 Å². The average Bonchev–Trinajstić information content (AvgIpc) is 2.48. The second kappa shape index (κ2) is 5.38. The molecule has 0 saturated carbocycles. The van der Waals surface area contributed by atoms with Crippen LogP contribution in [-0.4, -0.2) is 23.5 Å². The third-order valence-corrected chi connectivity index (χ3v) is 3.45. The summed E-state index contributed by atoms with van der Waals surface area (Å²) in [5, 5.41) is 8.88. The number of amides is 1. The third kappa shape index (κ3) is 2.92. The molecule has 0 spiro atoms. The highest BCUT2D eigenvalue weighted by Crippen LogP contribution is 2.32. The number of hydrogen-bond acceptors (Lipinski definition) is 2. The summed E-state index contributed by atoms with van der Waals surface area (Å²) in [5.41, 5.74) is 1.02. The van der Waals surface area contributed by atoms with Crippen molar-refractivity contribution in [1.29, 1.82) is 0 Å². The van der Waals surface area contributed by atoms with Crippen LogP contribution in [0.3, 0.4) is 0 Å². The van der Waals surface area contributed by atoms with Crippen LogP contribution in [0.15, 0.2) is 18.2 Å². The molecule has 1 aliphatic rings. The molecule has 0 aliphatic carbocycles. The summed E-state index contributed by atoms with van der Waals surface area (Å²) in [6.07, 6.45) is 1.10. The molecule has 5 heteroatoms. The molecule has 1 heterocycles. The number of carbonyl (C=O) groups is 2. The highest BCUT2D eigenvalue weighted by Gasteiger charge is 2.27. The molecule has 2 rings (SSSR count). The quantitative estimate of drug-likeness (QED) is 0.892. The second-order valence-corrected chi connectivity index (χ2v) is 4.87. The van der Waals surface area contributed by atoms with Gasteiger partial charge in [-0.3, -0.25) is 9.59 Å². The maximum absolute atomic E-state index is 13.9. The first-order chi connectivity index (χ1) is 8.99. The van der Waals surface area contributed by atoms with Crippen LogP contribution in [-0.2, 0) is 16.0 Å². The molecule has 1 aliphatic heterocycles. The summed E-state index contributed by atoms with van der Waals surface area (Å²) in [6.45, 7) is 1.76. The fourth-order valence-corrected chi connectivity index (χ4v) is 2.60. The Balaban J connectivity index is 2.38. The Bertz CT molecular complexity index is 515. The number of benzene rings is 1. The van der Waals surface area contributed by atoms with E-state index >= 15 is 0 Å². The molecular weight excluding hydrogens is 249 g/mol. The molecule has 1 unspecified atom stereocenters. The number of halogens is 1. The summed E-state index contributed by atoms with van der Waals surface area (Å²) >= 11 is 0. The van der Waals surface area contributed by atoms with Crippen molar-refractivity contribution in [2.24, 2.45) is 5.92 Å². The molecule has 0 fully saturated rings. The lowest BCUT2D eigenvalue weighted by Crippen LogP contribution is -2.30. The first-order valence-electron chi connectivity index (χ1n) is 6.26. The standard InChI is InChI=1S/C14H16FNO3/c1-9(17)16-6-5-10(8-13(18)19)7-11-3-2-4-12(15)14(11)16/h2-4,10H,5-8H2,1H3,(H,18,19). The fourth-order valence-electron chi connectivity index (χ4n) is 2.60. The highest BCUT2D eigenvalue weighted by atomic mass is 19.1. The number of para-hydroxylation sites is 1. The number of hydrogen-bond donors (Lipinski definition) is 1. The van der Waals surface area contributed by atoms with Crippen molar-refractivity contribution in [3.8, 4) is 0 Å². The van der Waals surface area contributed by atoms with E-state index in [0.717, 1.165) is 0 Å². The predicted octanol–water partition coefficient (Wildman–Crippen LogP) is 2.22. The van der Waals surface area contributed by atoms with Gasteiger partial charge in [0.15, 0.2) is 0 Å². The number of anilines is 1. The maximum atomic E-state index is 13.9. The number of fused-ring (bicyclic) bond motifs is 1. The topological polar surface area (TPSA) is 57.6 Å². The van der Waals surface area contributed by atoms with E-state index in [2.05, 4.69) is 0 Å². The van der Waals surface area contributed by atoms with Gasteiger partial charge in [-0.2, -0.15) is 0 Å². The van der Waals surface area contributed by atoms with Gasteiger partial charge < -0.3 is 10.0 Å². The van der Waals surface area contributed by atoms with Crippen LogP contribution >= 0.6 is 0 Å². The number of nitrogens with zero attached hydrogens (tertiary/aromatic N) is 1. The Morgan fingerprint density at radius 3 is 2.84 bits per heavy atom. The Morgan fingerprint density at radius 1 is 1.47 bits per heavy atom. The van der Waals surface area contributed by atoms with Crippen molar-refractivity contribution in [3.05, 3.63) is 29.6 Å². The second-order valence-electron chi connectivity index (χ2n) is 4.87. The molecule has 1 aromatic rings. The summed E-state index contributed by atoms with van der Waals surface area (Å²) in [5.74, 6) is -1.58. The number of aliphatic carboxylic acids is 1. The zero-order valence-electron chi connectivity index (χ0n) is 10.7. The molecule has 0 radical (unpaired) electrons. The summed E-state index contributed by atoms with van der Waals surface area (Å²) in [6, 6.07) is 4.68. The van der Waals surface area contributed by atoms with E-state index in [4.69, 9.17) is 5.11 Å². The maximum Gasteiger partial charge on any atom is 0.303 e. The van der Waals surface area contributed by atoms with Gasteiger partial charge in [0, 0.05) is 19.9 Å². The van der Waals surface area contributed by atoms with Gasteiger partial charge in [-0.05, 0) is 30.4 Å². The first-order valence-corrected chi connectivity index (χ1v) is 6.26. The monoisotopic (exact) mass is 265 g/mol. The van der Waals surface area contributed by atoms with E-state index in [0.29, 0.717) is 30.6 Å². The molecule has 19 heavy (non-hydrogen) atoms. The van der Waals surface area contributed by atoms with E-state index in [-0.39, 0.29) is 18.2 Å². The minimum absolute atomic E-state index is 0.0434. The zero-order valence-corrected chi connectivity index (χ0v) is 10.7. The fraction of sp³-hybridized carbons (Fsp3) is 0.429. The minimum Gasteiger partial charge on any atom is -0.481 e. The SMILES string of the molecule is CC(=O)N1CCC(CC(=O)O)Cc2cccc(F)c21. The molecule has 4 nitrogen and oxygen atoms in total. The Hall–Kier alpha value is -1.91. The first kappa shape index (κ1) is 13.5. The number of carboxylic acid groups (broad SMARTS) is 1. The molecule has 1 N–H and O–H groups in total.